The van der Waals surface area contributed by atoms with E-state index >= 15 is 0 Å². The topological polar surface area (TPSA) is 37.4 Å². The fraction of sp³-hybridized carbons (Fsp3) is 0.200. The summed E-state index contributed by atoms with van der Waals surface area (Å²) < 4.78 is 28.9. The standard InChI is InChI=1S/C25H22ClNO2S/c1-17-8-14-20(15-9-17)30(28,29)27-16-4-7-23-24(18-10-12-19(26)13-11-18)21-5-2-3-6-22(21)25(23)27/h2-3,5-6,8-15,24H,4,7,16H2,1H3/t24-/m1/s1. The van der Waals surface area contributed by atoms with E-state index in [1.807, 2.05) is 61.5 Å². The highest BCUT2D eigenvalue weighted by atomic mass is 35.5. The molecule has 0 N–H and O–H groups in total. The molecule has 0 saturated carbocycles. The molecule has 0 radical (unpaired) electrons. The Morgan fingerprint density at radius 2 is 1.63 bits per heavy atom. The molecule has 1 aliphatic carbocycles. The van der Waals surface area contributed by atoms with Gasteiger partial charge in [0.25, 0.3) is 10.0 Å². The van der Waals surface area contributed by atoms with Crippen LogP contribution in [0.4, 0.5) is 0 Å². The van der Waals surface area contributed by atoms with Crippen LogP contribution in [-0.2, 0) is 10.0 Å². The zero-order valence-electron chi connectivity index (χ0n) is 16.7. The number of aryl methyl sites for hydroxylation is 1. The van der Waals surface area contributed by atoms with Gasteiger partial charge in [-0.2, -0.15) is 0 Å². The first-order valence-electron chi connectivity index (χ1n) is 10.1. The molecule has 0 aromatic heterocycles. The summed E-state index contributed by atoms with van der Waals surface area (Å²) in [6, 6.07) is 23.2. The SMILES string of the molecule is Cc1ccc(S(=O)(=O)N2CCCC3=C2c2ccccc2[C@H]3c2ccc(Cl)cc2)cc1. The monoisotopic (exact) mass is 435 g/mol. The number of sulfonamides is 1. The van der Waals surface area contributed by atoms with Crippen molar-refractivity contribution in [1.82, 2.24) is 4.31 Å². The highest BCUT2D eigenvalue weighted by Gasteiger charge is 2.40. The molecule has 1 heterocycles. The molecule has 1 atom stereocenters. The largest absolute Gasteiger partial charge is 0.266 e. The van der Waals surface area contributed by atoms with Crippen molar-refractivity contribution in [2.45, 2.75) is 30.6 Å². The number of nitrogens with zero attached hydrogens (tertiary/aromatic N) is 1. The summed E-state index contributed by atoms with van der Waals surface area (Å²) in [5, 5.41) is 0.700. The van der Waals surface area contributed by atoms with Gasteiger partial charge in [-0.25, -0.2) is 8.42 Å². The predicted molar refractivity (Wildman–Crippen MR) is 121 cm³/mol. The Labute approximate surface area is 182 Å². The van der Waals surface area contributed by atoms with Gasteiger partial charge in [-0.05, 0) is 60.7 Å². The lowest BCUT2D eigenvalue weighted by Gasteiger charge is -2.32. The molecule has 1 aliphatic heterocycles. The van der Waals surface area contributed by atoms with Crippen molar-refractivity contribution >= 4 is 27.3 Å². The minimum absolute atomic E-state index is 0.0597. The number of benzene rings is 3. The van der Waals surface area contributed by atoms with Gasteiger partial charge in [0.1, 0.15) is 0 Å². The molecule has 0 saturated heterocycles. The summed E-state index contributed by atoms with van der Waals surface area (Å²) in [6.07, 6.45) is 1.69. The number of halogens is 1. The minimum Gasteiger partial charge on any atom is -0.266 e. The van der Waals surface area contributed by atoms with E-state index in [2.05, 4.69) is 6.07 Å². The van der Waals surface area contributed by atoms with Gasteiger partial charge in [0.15, 0.2) is 0 Å². The van der Waals surface area contributed by atoms with Crippen LogP contribution in [-0.4, -0.2) is 19.3 Å². The van der Waals surface area contributed by atoms with Gasteiger partial charge in [0.2, 0.25) is 0 Å². The first kappa shape index (κ1) is 19.4. The third-order valence-electron chi connectivity index (χ3n) is 6.05. The van der Waals surface area contributed by atoms with Crippen LogP contribution in [0.5, 0.6) is 0 Å². The maximum atomic E-state index is 13.6. The second kappa shape index (κ2) is 7.29. The summed E-state index contributed by atoms with van der Waals surface area (Å²) in [4.78, 5) is 0.342. The van der Waals surface area contributed by atoms with E-state index in [9.17, 15) is 8.42 Å². The average Bonchev–Trinajstić information content (AvgIpc) is 3.09. The van der Waals surface area contributed by atoms with E-state index in [4.69, 9.17) is 11.6 Å². The Bertz CT molecular complexity index is 1250. The van der Waals surface area contributed by atoms with E-state index in [1.54, 1.807) is 16.4 Å². The third kappa shape index (κ3) is 3.06. The zero-order chi connectivity index (χ0) is 20.9. The molecule has 3 aromatic rings. The molecule has 3 aromatic carbocycles. The lowest BCUT2D eigenvalue weighted by molar-refractivity contribution is 0.483. The van der Waals surface area contributed by atoms with Crippen molar-refractivity contribution < 1.29 is 8.42 Å². The lowest BCUT2D eigenvalue weighted by atomic mass is 9.86. The first-order chi connectivity index (χ1) is 14.5. The maximum absolute atomic E-state index is 13.6. The van der Waals surface area contributed by atoms with Gasteiger partial charge < -0.3 is 0 Å². The normalized spacial score (nSPS) is 18.3. The quantitative estimate of drug-likeness (QED) is 0.506. The molecule has 5 heteroatoms. The summed E-state index contributed by atoms with van der Waals surface area (Å²) in [7, 11) is -3.63. The second-order valence-electron chi connectivity index (χ2n) is 7.94. The third-order valence-corrected chi connectivity index (χ3v) is 8.11. The summed E-state index contributed by atoms with van der Waals surface area (Å²) in [5.41, 5.74) is 6.41. The van der Waals surface area contributed by atoms with Gasteiger partial charge >= 0.3 is 0 Å². The van der Waals surface area contributed by atoms with Gasteiger partial charge in [-0.1, -0.05) is 65.7 Å². The Morgan fingerprint density at radius 1 is 0.933 bits per heavy atom. The number of rotatable bonds is 3. The Hall–Kier alpha value is -2.56. The van der Waals surface area contributed by atoms with Crippen molar-refractivity contribution in [2.75, 3.05) is 6.54 Å². The number of hydrogen-bond donors (Lipinski definition) is 0. The van der Waals surface area contributed by atoms with Crippen LogP contribution >= 0.6 is 11.6 Å². The molecule has 2 aliphatic rings. The highest BCUT2D eigenvalue weighted by Crippen LogP contribution is 2.51. The zero-order valence-corrected chi connectivity index (χ0v) is 18.2. The highest BCUT2D eigenvalue weighted by molar-refractivity contribution is 7.89. The van der Waals surface area contributed by atoms with E-state index in [0.29, 0.717) is 16.5 Å². The molecule has 0 bridgehead atoms. The van der Waals surface area contributed by atoms with Crippen molar-refractivity contribution in [1.29, 1.82) is 0 Å². The van der Waals surface area contributed by atoms with Crippen LogP contribution in [0.15, 0.2) is 83.3 Å². The number of hydrogen-bond acceptors (Lipinski definition) is 2. The van der Waals surface area contributed by atoms with Crippen molar-refractivity contribution in [3.05, 3.63) is 106 Å². The van der Waals surface area contributed by atoms with Crippen molar-refractivity contribution in [3.63, 3.8) is 0 Å². The van der Waals surface area contributed by atoms with E-state index < -0.39 is 10.0 Å². The van der Waals surface area contributed by atoms with E-state index in [0.717, 1.165) is 40.8 Å². The molecule has 5 rings (SSSR count). The van der Waals surface area contributed by atoms with Crippen LogP contribution < -0.4 is 0 Å². The molecule has 0 fully saturated rings. The number of fused-ring (bicyclic) bond motifs is 2. The Balaban J connectivity index is 1.68. The fourth-order valence-corrected chi connectivity index (χ4v) is 6.34. The van der Waals surface area contributed by atoms with Crippen molar-refractivity contribution in [3.8, 4) is 0 Å². The molecule has 3 nitrogen and oxygen atoms in total. The molecule has 0 spiro atoms. The molecule has 0 unspecified atom stereocenters. The van der Waals surface area contributed by atoms with E-state index in [1.165, 1.54) is 5.57 Å². The smallest absolute Gasteiger partial charge is 0.264 e. The molecular weight excluding hydrogens is 414 g/mol. The Morgan fingerprint density at radius 3 is 2.37 bits per heavy atom. The van der Waals surface area contributed by atoms with Crippen LogP contribution in [0.1, 0.15) is 41.0 Å². The molecule has 152 valence electrons. The van der Waals surface area contributed by atoms with Gasteiger partial charge in [0, 0.05) is 23.0 Å². The maximum Gasteiger partial charge on any atom is 0.264 e. The Kier molecular flexibility index (Phi) is 4.72. The van der Waals surface area contributed by atoms with Crippen LogP contribution in [0.25, 0.3) is 5.70 Å². The molecular formula is C25H22ClNO2S. The van der Waals surface area contributed by atoms with Crippen LogP contribution in [0.3, 0.4) is 0 Å². The van der Waals surface area contributed by atoms with E-state index in [-0.39, 0.29) is 5.92 Å². The minimum atomic E-state index is -3.63. The average molecular weight is 436 g/mol. The summed E-state index contributed by atoms with van der Waals surface area (Å²) in [5.74, 6) is 0.0597. The van der Waals surface area contributed by atoms with Gasteiger partial charge in [0.05, 0.1) is 10.6 Å². The number of allylic oxidation sites excluding steroid dienone is 1. The van der Waals surface area contributed by atoms with Gasteiger partial charge in [-0.15, -0.1) is 0 Å². The summed E-state index contributed by atoms with van der Waals surface area (Å²) >= 11 is 6.12. The van der Waals surface area contributed by atoms with Crippen LogP contribution in [0, 0.1) is 6.92 Å². The van der Waals surface area contributed by atoms with Crippen molar-refractivity contribution in [2.24, 2.45) is 0 Å². The van der Waals surface area contributed by atoms with Crippen LogP contribution in [0.2, 0.25) is 5.02 Å². The summed E-state index contributed by atoms with van der Waals surface area (Å²) in [6.45, 7) is 2.46. The first-order valence-corrected chi connectivity index (χ1v) is 12.0. The molecule has 0 amide bonds. The van der Waals surface area contributed by atoms with Gasteiger partial charge in [-0.3, -0.25) is 4.31 Å². The lowest BCUT2D eigenvalue weighted by Crippen LogP contribution is -2.33. The molecule has 30 heavy (non-hydrogen) atoms. The predicted octanol–water partition coefficient (Wildman–Crippen LogP) is 5.99. The fourth-order valence-electron chi connectivity index (χ4n) is 4.66. The second-order valence-corrected chi connectivity index (χ2v) is 10.2.